The molecule has 2 saturated heterocycles. The fourth-order valence-corrected chi connectivity index (χ4v) is 3.51. The third kappa shape index (κ3) is 1.81. The lowest BCUT2D eigenvalue weighted by atomic mass is 9.95. The number of rotatable bonds is 2. The van der Waals surface area contributed by atoms with Crippen LogP contribution in [0.4, 0.5) is 0 Å². The highest BCUT2D eigenvalue weighted by atomic mass is 16.2. The molecule has 5 nitrogen and oxygen atoms in total. The Hall–Kier alpha value is -1.88. The predicted octanol–water partition coefficient (Wildman–Crippen LogP) is 1.49. The van der Waals surface area contributed by atoms with E-state index in [0.717, 1.165) is 22.9 Å². The molecule has 0 aromatic carbocycles. The fraction of sp³-hybridized carbons (Fsp3) is 0.467. The Morgan fingerprint density at radius 3 is 3.10 bits per heavy atom. The summed E-state index contributed by atoms with van der Waals surface area (Å²) in [6.45, 7) is 2.03. The van der Waals surface area contributed by atoms with Crippen LogP contribution in [0.3, 0.4) is 0 Å². The zero-order valence-corrected chi connectivity index (χ0v) is 11.4. The standard InChI is InChI=1S/C15H18N4O/c1-8-6-16-14-7-17-13(5-10(8)14)15(20)19-12-4-9-2-3-11(12)18-9/h5-7,9,11-12,16,18H,2-4H2,1H3,(H,19,20)/t9?,11?,12-/m1/s1. The monoisotopic (exact) mass is 270 g/mol. The molecule has 2 aliphatic heterocycles. The van der Waals surface area contributed by atoms with Gasteiger partial charge in [-0.25, -0.2) is 4.98 Å². The summed E-state index contributed by atoms with van der Waals surface area (Å²) in [7, 11) is 0. The topological polar surface area (TPSA) is 69.8 Å². The molecule has 0 saturated carbocycles. The molecule has 2 unspecified atom stereocenters. The molecule has 104 valence electrons. The third-order valence-corrected chi connectivity index (χ3v) is 4.62. The van der Waals surface area contributed by atoms with E-state index in [9.17, 15) is 4.79 Å². The Bertz CT molecular complexity index is 678. The van der Waals surface area contributed by atoms with Gasteiger partial charge in [-0.05, 0) is 37.8 Å². The molecule has 2 aliphatic rings. The van der Waals surface area contributed by atoms with Crippen LogP contribution in [0.15, 0.2) is 18.5 Å². The zero-order chi connectivity index (χ0) is 13.7. The van der Waals surface area contributed by atoms with E-state index < -0.39 is 0 Å². The van der Waals surface area contributed by atoms with Crippen molar-refractivity contribution in [2.75, 3.05) is 0 Å². The van der Waals surface area contributed by atoms with Crippen LogP contribution in [-0.2, 0) is 0 Å². The molecule has 2 aromatic heterocycles. The van der Waals surface area contributed by atoms with Gasteiger partial charge in [0.15, 0.2) is 0 Å². The number of aryl methyl sites for hydroxylation is 1. The van der Waals surface area contributed by atoms with E-state index in [-0.39, 0.29) is 11.9 Å². The molecule has 3 atom stereocenters. The van der Waals surface area contributed by atoms with Crippen LogP contribution in [0.1, 0.15) is 35.3 Å². The van der Waals surface area contributed by atoms with Crippen LogP contribution < -0.4 is 10.6 Å². The molecule has 2 fully saturated rings. The van der Waals surface area contributed by atoms with Gasteiger partial charge < -0.3 is 15.6 Å². The first-order chi connectivity index (χ1) is 9.70. The summed E-state index contributed by atoms with van der Waals surface area (Å²) >= 11 is 0. The van der Waals surface area contributed by atoms with E-state index in [2.05, 4.69) is 20.6 Å². The highest BCUT2D eigenvalue weighted by Crippen LogP contribution is 2.28. The molecule has 0 radical (unpaired) electrons. The van der Waals surface area contributed by atoms with Crippen LogP contribution in [0.5, 0.6) is 0 Å². The minimum Gasteiger partial charge on any atom is -0.360 e. The SMILES string of the molecule is Cc1c[nH]c2cnc(C(=O)N[C@@H]3CC4CCC3N4)cc12. The fourth-order valence-electron chi connectivity index (χ4n) is 3.51. The Morgan fingerprint density at radius 1 is 1.45 bits per heavy atom. The number of H-pyrrole nitrogens is 1. The highest BCUT2D eigenvalue weighted by molar-refractivity contribution is 5.96. The largest absolute Gasteiger partial charge is 0.360 e. The van der Waals surface area contributed by atoms with Gasteiger partial charge in [0.05, 0.1) is 11.7 Å². The third-order valence-electron chi connectivity index (χ3n) is 4.62. The van der Waals surface area contributed by atoms with E-state index in [0.29, 0.717) is 17.8 Å². The highest BCUT2D eigenvalue weighted by Gasteiger charge is 2.39. The van der Waals surface area contributed by atoms with Gasteiger partial charge in [0, 0.05) is 29.7 Å². The second-order valence-corrected chi connectivity index (χ2v) is 5.95. The molecular formula is C15H18N4O. The van der Waals surface area contributed by atoms with Crippen LogP contribution >= 0.6 is 0 Å². The predicted molar refractivity (Wildman–Crippen MR) is 76.6 cm³/mol. The van der Waals surface area contributed by atoms with Crippen LogP contribution in [0.25, 0.3) is 10.9 Å². The van der Waals surface area contributed by atoms with Gasteiger partial charge >= 0.3 is 0 Å². The van der Waals surface area contributed by atoms with E-state index in [1.54, 1.807) is 6.20 Å². The average molecular weight is 270 g/mol. The number of hydrogen-bond acceptors (Lipinski definition) is 3. The molecule has 4 rings (SSSR count). The quantitative estimate of drug-likeness (QED) is 0.774. The maximum atomic E-state index is 12.3. The molecule has 0 aliphatic carbocycles. The Balaban J connectivity index is 1.56. The summed E-state index contributed by atoms with van der Waals surface area (Å²) in [5.74, 6) is -0.0631. The molecule has 20 heavy (non-hydrogen) atoms. The molecule has 2 aromatic rings. The van der Waals surface area contributed by atoms with Gasteiger partial charge in [0.1, 0.15) is 5.69 Å². The summed E-state index contributed by atoms with van der Waals surface area (Å²) in [6.07, 6.45) is 7.12. The lowest BCUT2D eigenvalue weighted by Crippen LogP contribution is -2.43. The van der Waals surface area contributed by atoms with Crippen molar-refractivity contribution in [1.82, 2.24) is 20.6 Å². The smallest absolute Gasteiger partial charge is 0.270 e. The van der Waals surface area contributed by atoms with Crippen molar-refractivity contribution in [2.24, 2.45) is 0 Å². The number of nitrogens with one attached hydrogen (secondary N) is 3. The lowest BCUT2D eigenvalue weighted by molar-refractivity contribution is 0.0926. The molecule has 5 heteroatoms. The maximum Gasteiger partial charge on any atom is 0.270 e. The Kier molecular flexibility index (Phi) is 2.57. The van der Waals surface area contributed by atoms with Crippen molar-refractivity contribution < 1.29 is 4.79 Å². The molecular weight excluding hydrogens is 252 g/mol. The minimum atomic E-state index is -0.0631. The first-order valence-electron chi connectivity index (χ1n) is 7.21. The molecule has 2 bridgehead atoms. The first-order valence-corrected chi connectivity index (χ1v) is 7.21. The second-order valence-electron chi connectivity index (χ2n) is 5.95. The maximum absolute atomic E-state index is 12.3. The van der Waals surface area contributed by atoms with Crippen molar-refractivity contribution in [1.29, 1.82) is 0 Å². The van der Waals surface area contributed by atoms with Gasteiger partial charge in [0.2, 0.25) is 0 Å². The number of aromatic amines is 1. The van der Waals surface area contributed by atoms with Gasteiger partial charge in [-0.2, -0.15) is 0 Å². The van der Waals surface area contributed by atoms with Gasteiger partial charge in [-0.15, -0.1) is 0 Å². The Morgan fingerprint density at radius 2 is 2.35 bits per heavy atom. The number of nitrogens with zero attached hydrogens (tertiary/aromatic N) is 1. The van der Waals surface area contributed by atoms with Crippen molar-refractivity contribution >= 4 is 16.8 Å². The molecule has 3 N–H and O–H groups in total. The number of fused-ring (bicyclic) bond motifs is 3. The van der Waals surface area contributed by atoms with E-state index in [1.165, 1.54) is 12.8 Å². The van der Waals surface area contributed by atoms with E-state index in [1.807, 2.05) is 19.2 Å². The number of carbonyl (C=O) groups is 1. The van der Waals surface area contributed by atoms with Crippen LogP contribution in [0, 0.1) is 6.92 Å². The number of aromatic nitrogens is 2. The average Bonchev–Trinajstić information content (AvgIpc) is 3.15. The van der Waals surface area contributed by atoms with Crippen molar-refractivity contribution in [2.45, 2.75) is 44.3 Å². The lowest BCUT2D eigenvalue weighted by Gasteiger charge is -2.21. The number of amides is 1. The van der Waals surface area contributed by atoms with Crippen molar-refractivity contribution in [3.63, 3.8) is 0 Å². The number of hydrogen-bond donors (Lipinski definition) is 3. The minimum absolute atomic E-state index is 0.0631. The Labute approximate surface area is 117 Å². The van der Waals surface area contributed by atoms with Gasteiger partial charge in [-0.3, -0.25) is 4.79 Å². The summed E-state index contributed by atoms with van der Waals surface area (Å²) in [6, 6.07) is 3.16. The summed E-state index contributed by atoms with van der Waals surface area (Å²) < 4.78 is 0. The first kappa shape index (κ1) is 11.9. The van der Waals surface area contributed by atoms with Crippen molar-refractivity contribution in [3.05, 3.63) is 29.7 Å². The summed E-state index contributed by atoms with van der Waals surface area (Å²) in [5, 5.41) is 7.72. The van der Waals surface area contributed by atoms with Crippen molar-refractivity contribution in [3.8, 4) is 0 Å². The summed E-state index contributed by atoms with van der Waals surface area (Å²) in [4.78, 5) is 19.7. The van der Waals surface area contributed by atoms with Gasteiger partial charge in [0.25, 0.3) is 5.91 Å². The second kappa shape index (κ2) is 4.31. The van der Waals surface area contributed by atoms with E-state index >= 15 is 0 Å². The van der Waals surface area contributed by atoms with Crippen LogP contribution in [0.2, 0.25) is 0 Å². The normalized spacial score (nSPS) is 28.1. The van der Waals surface area contributed by atoms with E-state index in [4.69, 9.17) is 0 Å². The van der Waals surface area contributed by atoms with Gasteiger partial charge in [-0.1, -0.05) is 0 Å². The molecule has 1 amide bonds. The number of carbonyl (C=O) groups excluding carboxylic acids is 1. The zero-order valence-electron chi connectivity index (χ0n) is 11.4. The molecule has 0 spiro atoms. The number of pyridine rings is 1. The van der Waals surface area contributed by atoms with Crippen LogP contribution in [-0.4, -0.2) is 34.0 Å². The molecule has 4 heterocycles. The summed E-state index contributed by atoms with van der Waals surface area (Å²) in [5.41, 5.74) is 2.61.